The summed E-state index contributed by atoms with van der Waals surface area (Å²) in [5, 5.41) is 2.85. The smallest absolute Gasteiger partial charge is 0.242 e. The van der Waals surface area contributed by atoms with Crippen LogP contribution >= 0.6 is 11.8 Å². The molecule has 1 atom stereocenters. The van der Waals surface area contributed by atoms with E-state index >= 15 is 0 Å². The Labute approximate surface area is 171 Å². The molecule has 6 heteroatoms. The lowest BCUT2D eigenvalue weighted by Crippen LogP contribution is -2.49. The topological polar surface area (TPSA) is 58.6 Å². The minimum absolute atomic E-state index is 0.0530. The zero-order valence-electron chi connectivity index (χ0n) is 16.7. The molecule has 0 spiro atoms. The molecule has 0 aliphatic carbocycles. The van der Waals surface area contributed by atoms with Crippen LogP contribution in [0.15, 0.2) is 59.5 Å². The molecule has 2 aromatic rings. The number of nitrogens with zero attached hydrogens (tertiary/aromatic N) is 1. The van der Waals surface area contributed by atoms with Gasteiger partial charge in [0.2, 0.25) is 11.8 Å². The molecule has 0 bridgehead atoms. The van der Waals surface area contributed by atoms with Crippen molar-refractivity contribution in [2.45, 2.75) is 37.8 Å². The molecule has 2 aromatic carbocycles. The molecule has 0 saturated carbocycles. The Hall–Kier alpha value is -2.47. The Kier molecular flexibility index (Phi) is 8.88. The normalized spacial score (nSPS) is 11.5. The van der Waals surface area contributed by atoms with Crippen LogP contribution in [0, 0.1) is 0 Å². The van der Waals surface area contributed by atoms with Gasteiger partial charge in [-0.15, -0.1) is 11.8 Å². The van der Waals surface area contributed by atoms with E-state index in [0.29, 0.717) is 19.5 Å². The molecule has 0 radical (unpaired) electrons. The summed E-state index contributed by atoms with van der Waals surface area (Å²) in [6, 6.07) is 16.9. The summed E-state index contributed by atoms with van der Waals surface area (Å²) >= 11 is 1.48. The number of rotatable bonds is 10. The van der Waals surface area contributed by atoms with E-state index in [1.165, 1.54) is 11.8 Å². The van der Waals surface area contributed by atoms with Gasteiger partial charge in [0.15, 0.2) is 0 Å². The van der Waals surface area contributed by atoms with Crippen LogP contribution in [0.2, 0.25) is 0 Å². The van der Waals surface area contributed by atoms with Gasteiger partial charge in [-0.25, -0.2) is 0 Å². The molecule has 1 N–H and O–H groups in total. The Morgan fingerprint density at radius 2 is 1.75 bits per heavy atom. The number of amides is 2. The van der Waals surface area contributed by atoms with Crippen molar-refractivity contribution >= 4 is 23.6 Å². The van der Waals surface area contributed by atoms with Crippen molar-refractivity contribution in [3.63, 3.8) is 0 Å². The maximum Gasteiger partial charge on any atom is 0.242 e. The number of benzene rings is 2. The van der Waals surface area contributed by atoms with Crippen molar-refractivity contribution in [2.75, 3.05) is 19.4 Å². The second-order valence-electron chi connectivity index (χ2n) is 6.29. The molecule has 0 fully saturated rings. The van der Waals surface area contributed by atoms with Gasteiger partial charge in [0.25, 0.3) is 0 Å². The first-order valence-corrected chi connectivity index (χ1v) is 10.5. The Morgan fingerprint density at radius 1 is 1.07 bits per heavy atom. The lowest BCUT2D eigenvalue weighted by Gasteiger charge is -2.30. The van der Waals surface area contributed by atoms with Crippen LogP contribution in [0.1, 0.15) is 25.8 Å². The molecule has 0 heterocycles. The van der Waals surface area contributed by atoms with Gasteiger partial charge in [0.1, 0.15) is 11.8 Å². The molecule has 0 saturated heterocycles. The summed E-state index contributed by atoms with van der Waals surface area (Å²) in [5.74, 6) is 0.882. The fourth-order valence-electron chi connectivity index (χ4n) is 2.88. The van der Waals surface area contributed by atoms with E-state index in [1.807, 2.05) is 68.4 Å². The highest BCUT2D eigenvalue weighted by atomic mass is 32.2. The van der Waals surface area contributed by atoms with Gasteiger partial charge in [-0.2, -0.15) is 0 Å². The van der Waals surface area contributed by atoms with Gasteiger partial charge >= 0.3 is 0 Å². The SMILES string of the molecule is CCNC(=O)[C@H](CC)N(Cc1ccc(OC)cc1)C(=O)CSc1ccccc1. The van der Waals surface area contributed by atoms with Crippen molar-refractivity contribution in [1.82, 2.24) is 10.2 Å². The van der Waals surface area contributed by atoms with E-state index in [4.69, 9.17) is 4.74 Å². The average molecular weight is 401 g/mol. The van der Waals surface area contributed by atoms with E-state index in [1.54, 1.807) is 12.0 Å². The third-order valence-electron chi connectivity index (χ3n) is 4.35. The standard InChI is InChI=1S/C22H28N2O3S/c1-4-20(22(26)23-5-2)24(15-17-11-13-18(27-3)14-12-17)21(25)16-28-19-9-7-6-8-10-19/h6-14,20H,4-5,15-16H2,1-3H3,(H,23,26)/t20-/m0/s1. The first kappa shape index (κ1) is 21.8. The monoisotopic (exact) mass is 400 g/mol. The van der Waals surface area contributed by atoms with E-state index in [0.717, 1.165) is 16.2 Å². The molecular weight excluding hydrogens is 372 g/mol. The Balaban J connectivity index is 2.17. The number of thioether (sulfide) groups is 1. The number of nitrogens with one attached hydrogen (secondary N) is 1. The van der Waals surface area contributed by atoms with Gasteiger partial charge < -0.3 is 15.0 Å². The Morgan fingerprint density at radius 3 is 2.32 bits per heavy atom. The number of likely N-dealkylation sites (N-methyl/N-ethyl adjacent to an activating group) is 1. The van der Waals surface area contributed by atoms with Crippen molar-refractivity contribution in [1.29, 1.82) is 0 Å². The molecule has 28 heavy (non-hydrogen) atoms. The van der Waals surface area contributed by atoms with E-state index < -0.39 is 6.04 Å². The summed E-state index contributed by atoms with van der Waals surface area (Å²) in [4.78, 5) is 28.3. The summed E-state index contributed by atoms with van der Waals surface area (Å²) in [5.41, 5.74) is 0.960. The second-order valence-corrected chi connectivity index (χ2v) is 7.34. The summed E-state index contributed by atoms with van der Waals surface area (Å²) in [6.07, 6.45) is 0.559. The average Bonchev–Trinajstić information content (AvgIpc) is 2.73. The highest BCUT2D eigenvalue weighted by molar-refractivity contribution is 8.00. The lowest BCUT2D eigenvalue weighted by atomic mass is 10.1. The van der Waals surface area contributed by atoms with Crippen molar-refractivity contribution in [3.8, 4) is 5.75 Å². The molecule has 150 valence electrons. The number of carbonyl (C=O) groups is 2. The van der Waals surface area contributed by atoms with Gasteiger partial charge in [-0.05, 0) is 43.2 Å². The molecule has 2 rings (SSSR count). The highest BCUT2D eigenvalue weighted by Crippen LogP contribution is 2.21. The van der Waals surface area contributed by atoms with Crippen molar-refractivity contribution in [2.24, 2.45) is 0 Å². The zero-order chi connectivity index (χ0) is 20.4. The van der Waals surface area contributed by atoms with E-state index in [2.05, 4.69) is 5.32 Å². The van der Waals surface area contributed by atoms with Gasteiger partial charge in [-0.1, -0.05) is 37.3 Å². The first-order chi connectivity index (χ1) is 13.6. The van der Waals surface area contributed by atoms with Crippen LogP contribution in [0.5, 0.6) is 5.75 Å². The van der Waals surface area contributed by atoms with Crippen LogP contribution in [-0.4, -0.2) is 42.2 Å². The molecule has 5 nitrogen and oxygen atoms in total. The molecule has 0 unspecified atom stereocenters. The highest BCUT2D eigenvalue weighted by Gasteiger charge is 2.28. The van der Waals surface area contributed by atoms with Crippen LogP contribution in [0.4, 0.5) is 0 Å². The molecule has 0 aromatic heterocycles. The zero-order valence-corrected chi connectivity index (χ0v) is 17.5. The van der Waals surface area contributed by atoms with Crippen LogP contribution in [0.25, 0.3) is 0 Å². The fourth-order valence-corrected chi connectivity index (χ4v) is 3.69. The fraction of sp³-hybridized carbons (Fsp3) is 0.364. The summed E-state index contributed by atoms with van der Waals surface area (Å²) in [7, 11) is 1.62. The third-order valence-corrected chi connectivity index (χ3v) is 5.35. The molecule has 2 amide bonds. The van der Waals surface area contributed by atoms with Crippen LogP contribution in [0.3, 0.4) is 0 Å². The van der Waals surface area contributed by atoms with Crippen molar-refractivity contribution in [3.05, 3.63) is 60.2 Å². The van der Waals surface area contributed by atoms with Crippen LogP contribution in [-0.2, 0) is 16.1 Å². The third kappa shape index (κ3) is 6.30. The summed E-state index contributed by atoms with van der Waals surface area (Å²) in [6.45, 7) is 4.73. The van der Waals surface area contributed by atoms with Crippen LogP contribution < -0.4 is 10.1 Å². The number of ether oxygens (including phenoxy) is 1. The molecular formula is C22H28N2O3S. The lowest BCUT2D eigenvalue weighted by molar-refractivity contribution is -0.139. The number of methoxy groups -OCH3 is 1. The maximum atomic E-state index is 13.1. The predicted molar refractivity (Wildman–Crippen MR) is 113 cm³/mol. The maximum absolute atomic E-state index is 13.1. The number of carbonyl (C=O) groups excluding carboxylic acids is 2. The quantitative estimate of drug-likeness (QED) is 0.618. The predicted octanol–water partition coefficient (Wildman–Crippen LogP) is 3.73. The van der Waals surface area contributed by atoms with Gasteiger partial charge in [-0.3, -0.25) is 9.59 Å². The Bertz CT molecular complexity index is 750. The van der Waals surface area contributed by atoms with Crippen molar-refractivity contribution < 1.29 is 14.3 Å². The molecule has 0 aliphatic heterocycles. The van der Waals surface area contributed by atoms with E-state index in [9.17, 15) is 9.59 Å². The number of hydrogen-bond acceptors (Lipinski definition) is 4. The second kappa shape index (κ2) is 11.4. The minimum Gasteiger partial charge on any atom is -0.497 e. The minimum atomic E-state index is -0.495. The number of hydrogen-bond donors (Lipinski definition) is 1. The van der Waals surface area contributed by atoms with E-state index in [-0.39, 0.29) is 17.6 Å². The first-order valence-electron chi connectivity index (χ1n) is 9.47. The van der Waals surface area contributed by atoms with Gasteiger partial charge in [0.05, 0.1) is 12.9 Å². The largest absolute Gasteiger partial charge is 0.497 e. The molecule has 0 aliphatic rings. The van der Waals surface area contributed by atoms with Gasteiger partial charge in [0, 0.05) is 18.0 Å². The summed E-state index contributed by atoms with van der Waals surface area (Å²) < 4.78 is 5.20.